The standard InChI is InChI=1S/C8H9BrFNO/c1-11-4-5-2-6(9)3-7(10)8(5)12/h2-3,11-12H,4H2,1H3. The van der Waals surface area contributed by atoms with Gasteiger partial charge in [-0.25, -0.2) is 4.39 Å². The number of rotatable bonds is 2. The summed E-state index contributed by atoms with van der Waals surface area (Å²) in [4.78, 5) is 0. The summed E-state index contributed by atoms with van der Waals surface area (Å²) < 4.78 is 13.5. The van der Waals surface area contributed by atoms with Crippen molar-refractivity contribution >= 4 is 15.9 Å². The summed E-state index contributed by atoms with van der Waals surface area (Å²) in [7, 11) is 1.73. The van der Waals surface area contributed by atoms with Crippen LogP contribution in [0.4, 0.5) is 4.39 Å². The van der Waals surface area contributed by atoms with E-state index in [-0.39, 0.29) is 5.75 Å². The van der Waals surface area contributed by atoms with Crippen LogP contribution >= 0.6 is 15.9 Å². The van der Waals surface area contributed by atoms with E-state index in [0.29, 0.717) is 16.6 Å². The van der Waals surface area contributed by atoms with Crippen LogP contribution in [0, 0.1) is 5.82 Å². The van der Waals surface area contributed by atoms with E-state index in [1.807, 2.05) is 0 Å². The van der Waals surface area contributed by atoms with Crippen LogP contribution in [0.1, 0.15) is 5.56 Å². The first kappa shape index (κ1) is 9.48. The smallest absolute Gasteiger partial charge is 0.166 e. The molecular formula is C8H9BrFNO. The molecule has 0 atom stereocenters. The molecule has 0 bridgehead atoms. The number of hydrogen-bond donors (Lipinski definition) is 2. The predicted molar refractivity (Wildman–Crippen MR) is 48.5 cm³/mol. The van der Waals surface area contributed by atoms with E-state index in [1.165, 1.54) is 6.07 Å². The first-order valence-electron chi connectivity index (χ1n) is 3.46. The van der Waals surface area contributed by atoms with Gasteiger partial charge < -0.3 is 10.4 Å². The molecule has 2 N–H and O–H groups in total. The van der Waals surface area contributed by atoms with E-state index >= 15 is 0 Å². The van der Waals surface area contributed by atoms with Gasteiger partial charge in [0.15, 0.2) is 11.6 Å². The van der Waals surface area contributed by atoms with E-state index < -0.39 is 5.82 Å². The van der Waals surface area contributed by atoms with Crippen molar-refractivity contribution in [3.63, 3.8) is 0 Å². The van der Waals surface area contributed by atoms with E-state index in [1.54, 1.807) is 13.1 Å². The van der Waals surface area contributed by atoms with Crippen LogP contribution < -0.4 is 5.32 Å². The molecule has 0 aliphatic rings. The Morgan fingerprint density at radius 1 is 1.58 bits per heavy atom. The van der Waals surface area contributed by atoms with Gasteiger partial charge in [0.2, 0.25) is 0 Å². The molecule has 0 unspecified atom stereocenters. The molecule has 1 rings (SSSR count). The zero-order chi connectivity index (χ0) is 9.14. The molecule has 4 heteroatoms. The van der Waals surface area contributed by atoms with Crippen LogP contribution in [-0.4, -0.2) is 12.2 Å². The summed E-state index contributed by atoms with van der Waals surface area (Å²) >= 11 is 3.14. The number of phenols is 1. The van der Waals surface area contributed by atoms with Crippen LogP contribution in [0.25, 0.3) is 0 Å². The summed E-state index contributed by atoms with van der Waals surface area (Å²) in [5.74, 6) is -0.887. The third-order valence-electron chi connectivity index (χ3n) is 1.47. The molecule has 0 heterocycles. The predicted octanol–water partition coefficient (Wildman–Crippen LogP) is 2.01. The lowest BCUT2D eigenvalue weighted by Gasteiger charge is -2.04. The molecule has 0 aromatic heterocycles. The van der Waals surface area contributed by atoms with Gasteiger partial charge in [-0.15, -0.1) is 0 Å². The fourth-order valence-corrected chi connectivity index (χ4v) is 1.42. The largest absolute Gasteiger partial charge is 0.505 e. The molecule has 0 aliphatic carbocycles. The Balaban J connectivity index is 3.09. The van der Waals surface area contributed by atoms with Crippen LogP contribution in [0.5, 0.6) is 5.75 Å². The van der Waals surface area contributed by atoms with Gasteiger partial charge in [-0.05, 0) is 19.2 Å². The zero-order valence-electron chi connectivity index (χ0n) is 6.56. The van der Waals surface area contributed by atoms with Crippen molar-refractivity contribution < 1.29 is 9.50 Å². The molecule has 0 amide bonds. The minimum absolute atomic E-state index is 0.285. The molecule has 0 fully saturated rings. The lowest BCUT2D eigenvalue weighted by Crippen LogP contribution is -2.05. The highest BCUT2D eigenvalue weighted by molar-refractivity contribution is 9.10. The molecule has 0 spiro atoms. The fourth-order valence-electron chi connectivity index (χ4n) is 0.944. The molecule has 0 saturated carbocycles. The Labute approximate surface area is 78.5 Å². The van der Waals surface area contributed by atoms with Crippen LogP contribution in [-0.2, 0) is 6.54 Å². The number of nitrogens with one attached hydrogen (secondary N) is 1. The van der Waals surface area contributed by atoms with Crippen molar-refractivity contribution in [1.82, 2.24) is 5.32 Å². The van der Waals surface area contributed by atoms with Crippen LogP contribution in [0.2, 0.25) is 0 Å². The monoisotopic (exact) mass is 233 g/mol. The first-order chi connectivity index (χ1) is 5.65. The van der Waals surface area contributed by atoms with Crippen molar-refractivity contribution in [3.05, 3.63) is 28.0 Å². The van der Waals surface area contributed by atoms with Crippen molar-refractivity contribution in [2.75, 3.05) is 7.05 Å². The van der Waals surface area contributed by atoms with E-state index in [9.17, 15) is 9.50 Å². The molecule has 66 valence electrons. The highest BCUT2D eigenvalue weighted by Crippen LogP contribution is 2.25. The highest BCUT2D eigenvalue weighted by Gasteiger charge is 2.07. The molecule has 0 radical (unpaired) electrons. The Morgan fingerprint density at radius 2 is 2.25 bits per heavy atom. The minimum atomic E-state index is -0.602. The SMILES string of the molecule is CNCc1cc(Br)cc(F)c1O. The summed E-state index contributed by atoms with van der Waals surface area (Å²) in [6.45, 7) is 0.447. The normalized spacial score (nSPS) is 10.2. The van der Waals surface area contributed by atoms with Crippen LogP contribution in [0.3, 0.4) is 0 Å². The summed E-state index contributed by atoms with van der Waals surface area (Å²) in [6, 6.07) is 2.91. The van der Waals surface area contributed by atoms with Crippen molar-refractivity contribution in [3.8, 4) is 5.75 Å². The average Bonchev–Trinajstić information content (AvgIpc) is 2.00. The van der Waals surface area contributed by atoms with Crippen molar-refractivity contribution in [1.29, 1.82) is 0 Å². The topological polar surface area (TPSA) is 32.3 Å². The molecule has 1 aromatic carbocycles. The fraction of sp³-hybridized carbons (Fsp3) is 0.250. The van der Waals surface area contributed by atoms with Gasteiger partial charge >= 0.3 is 0 Å². The van der Waals surface area contributed by atoms with Crippen molar-refractivity contribution in [2.45, 2.75) is 6.54 Å². The van der Waals surface area contributed by atoms with Crippen LogP contribution in [0.15, 0.2) is 16.6 Å². The lowest BCUT2D eigenvalue weighted by atomic mass is 10.2. The second kappa shape index (κ2) is 3.87. The maximum atomic E-state index is 12.9. The van der Waals surface area contributed by atoms with E-state index in [4.69, 9.17) is 0 Å². The van der Waals surface area contributed by atoms with Gasteiger partial charge in [0.05, 0.1) is 0 Å². The van der Waals surface area contributed by atoms with E-state index in [0.717, 1.165) is 0 Å². The lowest BCUT2D eigenvalue weighted by molar-refractivity contribution is 0.424. The Hall–Kier alpha value is -0.610. The summed E-state index contributed by atoms with van der Waals surface area (Å²) in [5.41, 5.74) is 0.546. The van der Waals surface area contributed by atoms with Gasteiger partial charge in [0.1, 0.15) is 0 Å². The quantitative estimate of drug-likeness (QED) is 0.820. The zero-order valence-corrected chi connectivity index (χ0v) is 8.15. The third-order valence-corrected chi connectivity index (χ3v) is 1.93. The number of aromatic hydroxyl groups is 1. The highest BCUT2D eigenvalue weighted by atomic mass is 79.9. The summed E-state index contributed by atoms with van der Waals surface area (Å²) in [5, 5.41) is 12.0. The van der Waals surface area contributed by atoms with Gasteiger partial charge in [0.25, 0.3) is 0 Å². The number of hydrogen-bond acceptors (Lipinski definition) is 2. The summed E-state index contributed by atoms with van der Waals surface area (Å²) in [6.07, 6.45) is 0. The number of benzene rings is 1. The number of halogens is 2. The molecule has 2 nitrogen and oxygen atoms in total. The molecule has 12 heavy (non-hydrogen) atoms. The molecule has 0 aliphatic heterocycles. The molecule has 1 aromatic rings. The van der Waals surface area contributed by atoms with Gasteiger partial charge in [0, 0.05) is 16.6 Å². The van der Waals surface area contributed by atoms with E-state index in [2.05, 4.69) is 21.2 Å². The number of phenolic OH excluding ortho intramolecular Hbond substituents is 1. The average molecular weight is 234 g/mol. The maximum Gasteiger partial charge on any atom is 0.166 e. The second-order valence-electron chi connectivity index (χ2n) is 2.43. The molecular weight excluding hydrogens is 225 g/mol. The Morgan fingerprint density at radius 3 is 2.83 bits per heavy atom. The maximum absolute atomic E-state index is 12.9. The molecule has 0 saturated heterocycles. The van der Waals surface area contributed by atoms with Crippen molar-refractivity contribution in [2.24, 2.45) is 0 Å². The minimum Gasteiger partial charge on any atom is -0.505 e. The van der Waals surface area contributed by atoms with Gasteiger partial charge in [-0.2, -0.15) is 0 Å². The Bertz CT molecular complexity index is 291. The van der Waals surface area contributed by atoms with Gasteiger partial charge in [-0.1, -0.05) is 15.9 Å². The van der Waals surface area contributed by atoms with Gasteiger partial charge in [-0.3, -0.25) is 0 Å². The second-order valence-corrected chi connectivity index (χ2v) is 3.34. The first-order valence-corrected chi connectivity index (χ1v) is 4.26. The third kappa shape index (κ3) is 1.95. The Kier molecular flexibility index (Phi) is 3.05.